The zero-order valence-electron chi connectivity index (χ0n) is 9.31. The predicted octanol–water partition coefficient (Wildman–Crippen LogP) is 2.56. The maximum Gasteiger partial charge on any atom is 0.407 e. The maximum atomic E-state index is 11.1. The lowest BCUT2D eigenvalue weighted by molar-refractivity contribution is 0.121. The first kappa shape index (κ1) is 12.3. The smallest absolute Gasteiger partial charge is 0.407 e. The fourth-order valence-corrected chi connectivity index (χ4v) is 0.678. The average molecular weight is 187 g/mol. The fourth-order valence-electron chi connectivity index (χ4n) is 0.678. The van der Waals surface area contributed by atoms with E-state index < -0.39 is 0 Å². The summed E-state index contributed by atoms with van der Waals surface area (Å²) in [6.45, 7) is 10.4. The number of rotatable bonds is 3. The summed E-state index contributed by atoms with van der Waals surface area (Å²) in [5.74, 6) is 0.436. The van der Waals surface area contributed by atoms with E-state index in [2.05, 4.69) is 19.2 Å². The molecule has 0 aliphatic rings. The number of carbonyl (C=O) groups excluding carboxylic acids is 1. The molecule has 0 aliphatic heterocycles. The lowest BCUT2D eigenvalue weighted by Crippen LogP contribution is -2.41. The van der Waals surface area contributed by atoms with Crippen LogP contribution in [0.3, 0.4) is 0 Å². The molecule has 0 heterocycles. The molecular formula is C10H21NO2. The average Bonchev–Trinajstić information content (AvgIpc) is 1.97. The van der Waals surface area contributed by atoms with Crippen LogP contribution in [-0.2, 0) is 4.74 Å². The van der Waals surface area contributed by atoms with Crippen molar-refractivity contribution in [2.75, 3.05) is 6.61 Å². The lowest BCUT2D eigenvalue weighted by atomic mass is 10.1. The minimum Gasteiger partial charge on any atom is -0.449 e. The minimum atomic E-state index is -0.326. The van der Waals surface area contributed by atoms with Gasteiger partial charge in [0.05, 0.1) is 6.61 Å². The first-order valence-electron chi connectivity index (χ1n) is 4.80. The fraction of sp³-hybridized carbons (Fsp3) is 0.900. The molecule has 0 radical (unpaired) electrons. The normalized spacial score (nSPS) is 13.6. The molecule has 0 rings (SSSR count). The molecule has 1 N–H and O–H groups in total. The Bertz CT molecular complexity index is 161. The highest BCUT2D eigenvalue weighted by atomic mass is 16.5. The molecule has 1 amide bonds. The van der Waals surface area contributed by atoms with Gasteiger partial charge in [0, 0.05) is 5.54 Å². The number of hydrogen-bond donors (Lipinski definition) is 1. The van der Waals surface area contributed by atoms with Gasteiger partial charge in [-0.15, -0.1) is 0 Å². The van der Waals surface area contributed by atoms with Crippen LogP contribution in [0.4, 0.5) is 4.79 Å². The van der Waals surface area contributed by atoms with E-state index in [1.165, 1.54) is 0 Å². The molecule has 1 unspecified atom stereocenters. The van der Waals surface area contributed by atoms with Gasteiger partial charge >= 0.3 is 6.09 Å². The van der Waals surface area contributed by atoms with Crippen molar-refractivity contribution in [2.45, 2.75) is 46.6 Å². The van der Waals surface area contributed by atoms with E-state index in [4.69, 9.17) is 4.74 Å². The van der Waals surface area contributed by atoms with Gasteiger partial charge in [0.15, 0.2) is 0 Å². The maximum absolute atomic E-state index is 11.1. The molecule has 3 heteroatoms. The summed E-state index contributed by atoms with van der Waals surface area (Å²) >= 11 is 0. The van der Waals surface area contributed by atoms with Gasteiger partial charge in [-0.2, -0.15) is 0 Å². The van der Waals surface area contributed by atoms with Crippen LogP contribution in [0.5, 0.6) is 0 Å². The molecule has 0 bridgehead atoms. The molecule has 0 aromatic carbocycles. The van der Waals surface area contributed by atoms with Gasteiger partial charge in [0.2, 0.25) is 0 Å². The summed E-state index contributed by atoms with van der Waals surface area (Å²) in [4.78, 5) is 11.1. The summed E-state index contributed by atoms with van der Waals surface area (Å²) in [5.41, 5.74) is -0.216. The van der Waals surface area contributed by atoms with Gasteiger partial charge in [-0.05, 0) is 26.7 Å². The van der Waals surface area contributed by atoms with Gasteiger partial charge in [-0.25, -0.2) is 4.79 Å². The Morgan fingerprint density at radius 3 is 2.38 bits per heavy atom. The van der Waals surface area contributed by atoms with E-state index in [1.807, 2.05) is 20.8 Å². The zero-order valence-corrected chi connectivity index (χ0v) is 9.31. The Balaban J connectivity index is 3.64. The van der Waals surface area contributed by atoms with E-state index in [9.17, 15) is 4.79 Å². The summed E-state index contributed by atoms with van der Waals surface area (Å²) in [7, 11) is 0. The third kappa shape index (κ3) is 7.62. The van der Waals surface area contributed by atoms with E-state index in [0.29, 0.717) is 12.5 Å². The van der Waals surface area contributed by atoms with E-state index >= 15 is 0 Å². The quantitative estimate of drug-likeness (QED) is 0.737. The van der Waals surface area contributed by atoms with Crippen molar-refractivity contribution >= 4 is 6.09 Å². The molecule has 0 saturated carbocycles. The number of carbonyl (C=O) groups is 1. The van der Waals surface area contributed by atoms with E-state index in [0.717, 1.165) is 6.42 Å². The molecule has 1 atom stereocenters. The van der Waals surface area contributed by atoms with Crippen molar-refractivity contribution in [3.63, 3.8) is 0 Å². The number of hydrogen-bond acceptors (Lipinski definition) is 2. The van der Waals surface area contributed by atoms with Gasteiger partial charge in [0.25, 0.3) is 0 Å². The van der Waals surface area contributed by atoms with Crippen LogP contribution in [-0.4, -0.2) is 18.2 Å². The Morgan fingerprint density at radius 1 is 1.46 bits per heavy atom. The van der Waals surface area contributed by atoms with Crippen molar-refractivity contribution in [2.24, 2.45) is 5.92 Å². The molecule has 0 saturated heterocycles. The van der Waals surface area contributed by atoms with Crippen molar-refractivity contribution in [1.82, 2.24) is 5.32 Å². The zero-order chi connectivity index (χ0) is 10.5. The monoisotopic (exact) mass is 187 g/mol. The van der Waals surface area contributed by atoms with Crippen molar-refractivity contribution in [1.29, 1.82) is 0 Å². The first-order valence-corrected chi connectivity index (χ1v) is 4.80. The van der Waals surface area contributed by atoms with Crippen molar-refractivity contribution < 1.29 is 9.53 Å². The highest BCUT2D eigenvalue weighted by Crippen LogP contribution is 2.03. The Labute approximate surface area is 80.8 Å². The molecular weight excluding hydrogens is 166 g/mol. The predicted molar refractivity (Wildman–Crippen MR) is 53.7 cm³/mol. The molecule has 0 aromatic heterocycles. The number of ether oxygens (including phenoxy) is 1. The third-order valence-electron chi connectivity index (χ3n) is 1.67. The van der Waals surface area contributed by atoms with Crippen LogP contribution in [0.1, 0.15) is 41.0 Å². The summed E-state index contributed by atoms with van der Waals surface area (Å²) in [6, 6.07) is 0. The summed E-state index contributed by atoms with van der Waals surface area (Å²) < 4.78 is 5.02. The summed E-state index contributed by atoms with van der Waals surface area (Å²) in [6.07, 6.45) is 0.704. The molecule has 0 aliphatic carbocycles. The second-order valence-corrected chi connectivity index (χ2v) is 4.49. The van der Waals surface area contributed by atoms with Crippen LogP contribution in [0.15, 0.2) is 0 Å². The molecule has 3 nitrogen and oxygen atoms in total. The summed E-state index contributed by atoms with van der Waals surface area (Å²) in [5, 5.41) is 2.74. The molecule has 13 heavy (non-hydrogen) atoms. The van der Waals surface area contributed by atoms with Gasteiger partial charge in [-0.3, -0.25) is 0 Å². The van der Waals surface area contributed by atoms with E-state index in [1.54, 1.807) is 0 Å². The molecule has 0 spiro atoms. The van der Waals surface area contributed by atoms with Crippen LogP contribution in [0, 0.1) is 5.92 Å². The molecule has 78 valence electrons. The van der Waals surface area contributed by atoms with Crippen LogP contribution < -0.4 is 5.32 Å². The van der Waals surface area contributed by atoms with Gasteiger partial charge in [0.1, 0.15) is 0 Å². The van der Waals surface area contributed by atoms with Crippen LogP contribution in [0.25, 0.3) is 0 Å². The van der Waals surface area contributed by atoms with E-state index in [-0.39, 0.29) is 11.6 Å². The number of amides is 1. The van der Waals surface area contributed by atoms with Crippen molar-refractivity contribution in [3.05, 3.63) is 0 Å². The largest absolute Gasteiger partial charge is 0.449 e. The second-order valence-electron chi connectivity index (χ2n) is 4.49. The van der Waals surface area contributed by atoms with Gasteiger partial charge in [-0.1, -0.05) is 20.3 Å². The number of nitrogens with one attached hydrogen (secondary N) is 1. The highest BCUT2D eigenvalue weighted by Gasteiger charge is 2.14. The van der Waals surface area contributed by atoms with Crippen LogP contribution in [0.2, 0.25) is 0 Å². The highest BCUT2D eigenvalue weighted by molar-refractivity contribution is 5.68. The second kappa shape index (κ2) is 5.10. The Morgan fingerprint density at radius 2 is 2.00 bits per heavy atom. The standard InChI is InChI=1S/C10H21NO2/c1-6-8(2)7-13-9(12)11-10(3,4)5/h8H,6-7H2,1-5H3,(H,11,12). The van der Waals surface area contributed by atoms with Gasteiger partial charge < -0.3 is 10.1 Å². The topological polar surface area (TPSA) is 38.3 Å². The Kier molecular flexibility index (Phi) is 4.81. The number of alkyl carbamates (subject to hydrolysis) is 1. The van der Waals surface area contributed by atoms with Crippen molar-refractivity contribution in [3.8, 4) is 0 Å². The lowest BCUT2D eigenvalue weighted by Gasteiger charge is -2.20. The van der Waals surface area contributed by atoms with Crippen LogP contribution >= 0.6 is 0 Å². The molecule has 0 fully saturated rings. The SMILES string of the molecule is CCC(C)COC(=O)NC(C)(C)C. The molecule has 0 aromatic rings. The third-order valence-corrected chi connectivity index (χ3v) is 1.67. The first-order chi connectivity index (χ1) is 5.85. The Hall–Kier alpha value is -0.730. The minimum absolute atomic E-state index is 0.216.